The topological polar surface area (TPSA) is 56.7 Å². The van der Waals surface area contributed by atoms with Crippen LogP contribution in [-0.2, 0) is 6.42 Å². The van der Waals surface area contributed by atoms with E-state index >= 15 is 0 Å². The minimum absolute atomic E-state index is 0.575. The molecule has 0 saturated heterocycles. The predicted octanol–water partition coefficient (Wildman–Crippen LogP) is 1.38. The molecule has 3 rings (SSSR count). The second-order valence-electron chi connectivity index (χ2n) is 4.76. The molecule has 2 N–H and O–H groups in total. The molecule has 4 heteroatoms. The summed E-state index contributed by atoms with van der Waals surface area (Å²) in [5.74, 6) is 0.575. The maximum absolute atomic E-state index is 5.64. The van der Waals surface area contributed by atoms with Crippen molar-refractivity contribution in [3.8, 4) is 0 Å². The first kappa shape index (κ1) is 9.33. The van der Waals surface area contributed by atoms with Crippen LogP contribution in [0, 0.1) is 0 Å². The fourth-order valence-electron chi connectivity index (χ4n) is 2.63. The van der Waals surface area contributed by atoms with Gasteiger partial charge < -0.3 is 5.73 Å². The van der Waals surface area contributed by atoms with E-state index in [-0.39, 0.29) is 0 Å². The van der Waals surface area contributed by atoms with Gasteiger partial charge in [-0.15, -0.1) is 5.10 Å². The van der Waals surface area contributed by atoms with Gasteiger partial charge in [-0.1, -0.05) is 5.21 Å². The number of rotatable bonds is 3. The van der Waals surface area contributed by atoms with Gasteiger partial charge in [-0.2, -0.15) is 0 Å². The van der Waals surface area contributed by atoms with Crippen molar-refractivity contribution in [2.75, 3.05) is 6.54 Å². The molecule has 1 fully saturated rings. The van der Waals surface area contributed by atoms with Crippen LogP contribution in [0.2, 0.25) is 0 Å². The first-order valence-electron chi connectivity index (χ1n) is 6.04. The molecule has 2 aliphatic rings. The normalized spacial score (nSPS) is 25.3. The fourth-order valence-corrected chi connectivity index (χ4v) is 2.63. The molecule has 0 radical (unpaired) electrons. The zero-order valence-electron chi connectivity index (χ0n) is 9.02. The number of nitrogens with two attached hydrogens (primary N) is 1. The summed E-state index contributed by atoms with van der Waals surface area (Å²) >= 11 is 0. The Labute approximate surface area is 89.8 Å². The summed E-state index contributed by atoms with van der Waals surface area (Å²) in [5, 5.41) is 8.69. The molecule has 1 saturated carbocycles. The van der Waals surface area contributed by atoms with Gasteiger partial charge in [0.15, 0.2) is 0 Å². The number of hydrogen-bond acceptors (Lipinski definition) is 3. The first-order valence-corrected chi connectivity index (χ1v) is 6.04. The Morgan fingerprint density at radius 1 is 1.33 bits per heavy atom. The summed E-state index contributed by atoms with van der Waals surface area (Å²) in [6.45, 7) is 0.764. The molecule has 1 atom stereocenters. The monoisotopic (exact) mass is 206 g/mol. The van der Waals surface area contributed by atoms with E-state index in [1.165, 1.54) is 43.5 Å². The molecule has 82 valence electrons. The molecule has 0 aromatic carbocycles. The Bertz CT molecular complexity index is 353. The van der Waals surface area contributed by atoms with E-state index in [4.69, 9.17) is 5.73 Å². The zero-order valence-corrected chi connectivity index (χ0v) is 9.02. The molecule has 0 aliphatic heterocycles. The molecule has 15 heavy (non-hydrogen) atoms. The second kappa shape index (κ2) is 3.59. The summed E-state index contributed by atoms with van der Waals surface area (Å²) in [6.07, 6.45) is 7.33. The summed E-state index contributed by atoms with van der Waals surface area (Å²) in [5.41, 5.74) is 8.29. The average Bonchev–Trinajstić information content (AvgIpc) is 3.00. The minimum Gasteiger partial charge on any atom is -0.330 e. The van der Waals surface area contributed by atoms with Crippen LogP contribution in [-0.4, -0.2) is 21.5 Å². The van der Waals surface area contributed by atoms with E-state index in [0.717, 1.165) is 13.0 Å². The smallest absolute Gasteiger partial charge is 0.0890 e. The Morgan fingerprint density at radius 2 is 2.20 bits per heavy atom. The first-order chi connectivity index (χ1) is 7.40. The molecular formula is C11H18N4. The van der Waals surface area contributed by atoms with Crippen molar-refractivity contribution < 1.29 is 0 Å². The van der Waals surface area contributed by atoms with Gasteiger partial charge in [0.1, 0.15) is 0 Å². The Kier molecular flexibility index (Phi) is 2.24. The van der Waals surface area contributed by atoms with Crippen LogP contribution < -0.4 is 5.73 Å². The van der Waals surface area contributed by atoms with Gasteiger partial charge in [0.25, 0.3) is 0 Å². The summed E-state index contributed by atoms with van der Waals surface area (Å²) < 4.78 is 2.18. The van der Waals surface area contributed by atoms with Crippen LogP contribution in [0.25, 0.3) is 0 Å². The van der Waals surface area contributed by atoms with E-state index in [1.54, 1.807) is 0 Å². The molecule has 0 spiro atoms. The number of nitrogens with zero attached hydrogens (tertiary/aromatic N) is 3. The fraction of sp³-hybridized carbons (Fsp3) is 0.818. The van der Waals surface area contributed by atoms with Crippen molar-refractivity contribution in [2.24, 2.45) is 5.73 Å². The Morgan fingerprint density at radius 3 is 2.93 bits per heavy atom. The number of aromatic nitrogens is 3. The van der Waals surface area contributed by atoms with Crippen LogP contribution in [0.1, 0.15) is 55.5 Å². The van der Waals surface area contributed by atoms with Gasteiger partial charge in [-0.25, -0.2) is 4.68 Å². The lowest BCUT2D eigenvalue weighted by molar-refractivity contribution is 0.498. The highest BCUT2D eigenvalue weighted by molar-refractivity contribution is 5.20. The Hall–Kier alpha value is -0.900. The zero-order chi connectivity index (χ0) is 10.3. The summed E-state index contributed by atoms with van der Waals surface area (Å²) in [4.78, 5) is 0. The maximum Gasteiger partial charge on any atom is 0.0890 e. The summed E-state index contributed by atoms with van der Waals surface area (Å²) in [6, 6.07) is 0.665. The van der Waals surface area contributed by atoms with E-state index in [2.05, 4.69) is 15.0 Å². The van der Waals surface area contributed by atoms with Crippen molar-refractivity contribution >= 4 is 0 Å². The standard InChI is InChI=1S/C11H18N4/c12-7-6-8-2-1-3-10-11(8)13-14-15(10)9-4-5-9/h8-9H,1-7,12H2. The molecule has 1 heterocycles. The lowest BCUT2D eigenvalue weighted by Crippen LogP contribution is -2.15. The van der Waals surface area contributed by atoms with Crippen molar-refractivity contribution in [3.63, 3.8) is 0 Å². The van der Waals surface area contributed by atoms with E-state index in [9.17, 15) is 0 Å². The van der Waals surface area contributed by atoms with Crippen LogP contribution >= 0.6 is 0 Å². The van der Waals surface area contributed by atoms with Crippen LogP contribution in [0.4, 0.5) is 0 Å². The van der Waals surface area contributed by atoms with Gasteiger partial charge >= 0.3 is 0 Å². The van der Waals surface area contributed by atoms with Crippen LogP contribution in [0.5, 0.6) is 0 Å². The molecule has 0 amide bonds. The highest BCUT2D eigenvalue weighted by atomic mass is 15.5. The van der Waals surface area contributed by atoms with Crippen molar-refractivity contribution in [3.05, 3.63) is 11.4 Å². The molecule has 4 nitrogen and oxygen atoms in total. The second-order valence-corrected chi connectivity index (χ2v) is 4.76. The number of hydrogen-bond donors (Lipinski definition) is 1. The molecule has 1 aromatic heterocycles. The molecule has 1 unspecified atom stereocenters. The molecule has 1 aromatic rings. The lowest BCUT2D eigenvalue weighted by atomic mass is 9.87. The van der Waals surface area contributed by atoms with Gasteiger partial charge in [-0.05, 0) is 45.1 Å². The van der Waals surface area contributed by atoms with E-state index < -0.39 is 0 Å². The molecular weight excluding hydrogens is 188 g/mol. The van der Waals surface area contributed by atoms with Crippen LogP contribution in [0.3, 0.4) is 0 Å². The largest absolute Gasteiger partial charge is 0.330 e. The third-order valence-corrected chi connectivity index (χ3v) is 3.58. The Balaban J connectivity index is 1.91. The highest BCUT2D eigenvalue weighted by Gasteiger charge is 2.32. The quantitative estimate of drug-likeness (QED) is 0.813. The third-order valence-electron chi connectivity index (χ3n) is 3.58. The average molecular weight is 206 g/mol. The van der Waals surface area contributed by atoms with Gasteiger partial charge in [-0.3, -0.25) is 0 Å². The van der Waals surface area contributed by atoms with Crippen molar-refractivity contribution in [1.29, 1.82) is 0 Å². The predicted molar refractivity (Wildman–Crippen MR) is 57.6 cm³/mol. The van der Waals surface area contributed by atoms with Crippen molar-refractivity contribution in [2.45, 2.75) is 50.5 Å². The van der Waals surface area contributed by atoms with Gasteiger partial charge in [0.2, 0.25) is 0 Å². The van der Waals surface area contributed by atoms with Crippen LogP contribution in [0.15, 0.2) is 0 Å². The number of fused-ring (bicyclic) bond motifs is 1. The molecule has 0 bridgehead atoms. The van der Waals surface area contributed by atoms with E-state index in [0.29, 0.717) is 12.0 Å². The third kappa shape index (κ3) is 1.57. The lowest BCUT2D eigenvalue weighted by Gasteiger charge is -2.20. The molecule has 2 aliphatic carbocycles. The highest BCUT2D eigenvalue weighted by Crippen LogP contribution is 2.39. The minimum atomic E-state index is 0.575. The summed E-state index contributed by atoms with van der Waals surface area (Å²) in [7, 11) is 0. The maximum atomic E-state index is 5.64. The van der Waals surface area contributed by atoms with Crippen molar-refractivity contribution in [1.82, 2.24) is 15.0 Å². The van der Waals surface area contributed by atoms with Gasteiger partial charge in [0, 0.05) is 5.92 Å². The van der Waals surface area contributed by atoms with E-state index in [1.807, 2.05) is 0 Å². The SMILES string of the molecule is NCCC1CCCc2c1nnn2C1CC1. The van der Waals surface area contributed by atoms with Gasteiger partial charge in [0.05, 0.1) is 17.4 Å².